The van der Waals surface area contributed by atoms with Gasteiger partial charge in [-0.15, -0.1) is 0 Å². The third-order valence-corrected chi connectivity index (χ3v) is 5.35. The van der Waals surface area contributed by atoms with Gasteiger partial charge in [0.05, 0.1) is 25.4 Å². The zero-order valence-electron chi connectivity index (χ0n) is 17.9. The standard InChI is InChI=1S/C26H22ClN3O3/c1-33-21-13-9-18(10-14-21)22-16-28-26(24(29-22)25(32)19-5-3-2-4-6-19)30-23(31)15-17-7-11-20(27)12-8-17/h2-14,16,25,32H,15H2,1H3,(H,28,30,31). The van der Waals surface area contributed by atoms with Gasteiger partial charge in [-0.2, -0.15) is 0 Å². The Labute approximate surface area is 196 Å². The van der Waals surface area contributed by atoms with Gasteiger partial charge in [0.15, 0.2) is 5.82 Å². The number of amides is 1. The van der Waals surface area contributed by atoms with Gasteiger partial charge in [0.2, 0.25) is 5.91 Å². The molecule has 4 rings (SSSR count). The van der Waals surface area contributed by atoms with E-state index >= 15 is 0 Å². The molecule has 0 saturated carbocycles. The average Bonchev–Trinajstić information content (AvgIpc) is 2.86. The first kappa shape index (κ1) is 22.5. The highest BCUT2D eigenvalue weighted by atomic mass is 35.5. The Morgan fingerprint density at radius 1 is 1.03 bits per heavy atom. The maximum atomic E-state index is 12.7. The number of halogens is 1. The normalized spacial score (nSPS) is 11.6. The molecule has 0 spiro atoms. The number of anilines is 1. The number of nitrogens with one attached hydrogen (secondary N) is 1. The van der Waals surface area contributed by atoms with Crippen LogP contribution in [0.5, 0.6) is 5.75 Å². The predicted molar refractivity (Wildman–Crippen MR) is 128 cm³/mol. The number of aliphatic hydroxyl groups excluding tert-OH is 1. The van der Waals surface area contributed by atoms with Crippen LogP contribution in [0.15, 0.2) is 85.1 Å². The van der Waals surface area contributed by atoms with Gasteiger partial charge in [0.1, 0.15) is 17.5 Å². The quantitative estimate of drug-likeness (QED) is 0.403. The third kappa shape index (κ3) is 5.55. The Morgan fingerprint density at radius 3 is 2.39 bits per heavy atom. The molecular formula is C26H22ClN3O3. The van der Waals surface area contributed by atoms with Crippen LogP contribution in [0.25, 0.3) is 11.3 Å². The molecule has 0 radical (unpaired) electrons. The van der Waals surface area contributed by atoms with E-state index in [4.69, 9.17) is 16.3 Å². The van der Waals surface area contributed by atoms with Crippen molar-refractivity contribution in [2.24, 2.45) is 0 Å². The SMILES string of the molecule is COc1ccc(-c2cnc(NC(=O)Cc3ccc(Cl)cc3)c(C(O)c3ccccc3)n2)cc1. The highest BCUT2D eigenvalue weighted by molar-refractivity contribution is 6.30. The van der Waals surface area contributed by atoms with Crippen LogP contribution in [-0.2, 0) is 11.2 Å². The maximum Gasteiger partial charge on any atom is 0.229 e. The van der Waals surface area contributed by atoms with E-state index in [0.29, 0.717) is 16.3 Å². The van der Waals surface area contributed by atoms with Crippen molar-refractivity contribution in [2.75, 3.05) is 12.4 Å². The molecule has 1 atom stereocenters. The number of aromatic nitrogens is 2. The molecule has 0 aliphatic rings. The van der Waals surface area contributed by atoms with Gasteiger partial charge in [-0.05, 0) is 47.5 Å². The van der Waals surface area contributed by atoms with E-state index in [1.807, 2.05) is 42.5 Å². The monoisotopic (exact) mass is 459 g/mol. The molecule has 1 aromatic heterocycles. The Bertz CT molecular complexity index is 1230. The van der Waals surface area contributed by atoms with Crippen LogP contribution in [0.1, 0.15) is 22.9 Å². The van der Waals surface area contributed by atoms with Gasteiger partial charge in [0, 0.05) is 10.6 Å². The van der Waals surface area contributed by atoms with Crippen molar-refractivity contribution >= 4 is 23.3 Å². The second-order valence-electron chi connectivity index (χ2n) is 7.38. The van der Waals surface area contributed by atoms with E-state index in [1.165, 1.54) is 0 Å². The molecule has 2 N–H and O–H groups in total. The lowest BCUT2D eigenvalue weighted by atomic mass is 10.1. The fraction of sp³-hybridized carbons (Fsp3) is 0.115. The van der Waals surface area contributed by atoms with Gasteiger partial charge in [-0.3, -0.25) is 4.79 Å². The highest BCUT2D eigenvalue weighted by Gasteiger charge is 2.20. The number of rotatable bonds is 7. The molecule has 166 valence electrons. The minimum absolute atomic E-state index is 0.139. The molecular weight excluding hydrogens is 438 g/mol. The molecule has 1 unspecified atom stereocenters. The van der Waals surface area contributed by atoms with Crippen LogP contribution >= 0.6 is 11.6 Å². The second-order valence-corrected chi connectivity index (χ2v) is 7.82. The summed E-state index contributed by atoms with van der Waals surface area (Å²) in [5, 5.41) is 14.5. The van der Waals surface area contributed by atoms with Gasteiger partial charge >= 0.3 is 0 Å². The molecule has 33 heavy (non-hydrogen) atoms. The van der Waals surface area contributed by atoms with Crippen LogP contribution in [-0.4, -0.2) is 28.1 Å². The number of carbonyl (C=O) groups excluding carboxylic acids is 1. The van der Waals surface area contributed by atoms with E-state index in [2.05, 4.69) is 15.3 Å². The molecule has 0 saturated heterocycles. The predicted octanol–water partition coefficient (Wildman–Crippen LogP) is 5.07. The first-order valence-electron chi connectivity index (χ1n) is 10.3. The molecule has 0 aliphatic carbocycles. The molecule has 0 aliphatic heterocycles. The van der Waals surface area contributed by atoms with Crippen molar-refractivity contribution in [3.05, 3.63) is 107 Å². The Balaban J connectivity index is 1.65. The summed E-state index contributed by atoms with van der Waals surface area (Å²) in [6.45, 7) is 0. The topological polar surface area (TPSA) is 84.3 Å². The summed E-state index contributed by atoms with van der Waals surface area (Å²) in [5.74, 6) is 0.662. The van der Waals surface area contributed by atoms with Crippen LogP contribution in [0.3, 0.4) is 0 Å². The minimum atomic E-state index is -1.07. The summed E-state index contributed by atoms with van der Waals surface area (Å²) in [6, 6.07) is 23.5. The van der Waals surface area contributed by atoms with E-state index in [-0.39, 0.29) is 23.8 Å². The summed E-state index contributed by atoms with van der Waals surface area (Å²) in [7, 11) is 1.60. The second kappa shape index (κ2) is 10.3. The summed E-state index contributed by atoms with van der Waals surface area (Å²) < 4.78 is 5.21. The number of ether oxygens (including phenoxy) is 1. The van der Waals surface area contributed by atoms with Crippen LogP contribution < -0.4 is 10.1 Å². The fourth-order valence-corrected chi connectivity index (χ4v) is 3.47. The van der Waals surface area contributed by atoms with Gasteiger partial charge in [-0.1, -0.05) is 54.1 Å². The number of hydrogen-bond donors (Lipinski definition) is 2. The zero-order valence-corrected chi connectivity index (χ0v) is 18.7. The summed E-state index contributed by atoms with van der Waals surface area (Å²) in [5.41, 5.74) is 3.10. The Hall–Kier alpha value is -3.74. The number of methoxy groups -OCH3 is 1. The number of hydrogen-bond acceptors (Lipinski definition) is 5. The number of aliphatic hydroxyl groups is 1. The van der Waals surface area contributed by atoms with Crippen molar-refractivity contribution in [3.63, 3.8) is 0 Å². The number of nitrogens with zero attached hydrogens (tertiary/aromatic N) is 2. The van der Waals surface area contributed by atoms with Gasteiger partial charge in [0.25, 0.3) is 0 Å². The van der Waals surface area contributed by atoms with Crippen LogP contribution in [0.2, 0.25) is 5.02 Å². The lowest BCUT2D eigenvalue weighted by molar-refractivity contribution is -0.115. The highest BCUT2D eigenvalue weighted by Crippen LogP contribution is 2.29. The van der Waals surface area contributed by atoms with E-state index < -0.39 is 6.10 Å². The lowest BCUT2D eigenvalue weighted by Crippen LogP contribution is -2.19. The Kier molecular flexibility index (Phi) is 6.98. The first-order valence-corrected chi connectivity index (χ1v) is 10.7. The van der Waals surface area contributed by atoms with Crippen molar-refractivity contribution in [1.82, 2.24) is 9.97 Å². The van der Waals surface area contributed by atoms with Crippen molar-refractivity contribution in [2.45, 2.75) is 12.5 Å². The van der Waals surface area contributed by atoms with Crippen molar-refractivity contribution in [1.29, 1.82) is 0 Å². The average molecular weight is 460 g/mol. The molecule has 0 bridgehead atoms. The van der Waals surface area contributed by atoms with Gasteiger partial charge in [-0.25, -0.2) is 9.97 Å². The molecule has 1 amide bonds. The zero-order chi connectivity index (χ0) is 23.2. The Morgan fingerprint density at radius 2 is 1.73 bits per heavy atom. The largest absolute Gasteiger partial charge is 0.497 e. The fourth-order valence-electron chi connectivity index (χ4n) is 3.35. The van der Waals surface area contributed by atoms with Crippen LogP contribution in [0.4, 0.5) is 5.82 Å². The molecule has 3 aromatic carbocycles. The van der Waals surface area contributed by atoms with E-state index in [0.717, 1.165) is 16.9 Å². The lowest BCUT2D eigenvalue weighted by Gasteiger charge is -2.16. The van der Waals surface area contributed by atoms with Crippen molar-refractivity contribution < 1.29 is 14.6 Å². The summed E-state index contributed by atoms with van der Waals surface area (Å²) in [4.78, 5) is 21.8. The van der Waals surface area contributed by atoms with E-state index in [1.54, 1.807) is 49.7 Å². The molecule has 1 heterocycles. The first-order chi connectivity index (χ1) is 16.0. The van der Waals surface area contributed by atoms with Crippen LogP contribution in [0, 0.1) is 0 Å². The summed E-state index contributed by atoms with van der Waals surface area (Å²) in [6.07, 6.45) is 0.642. The maximum absolute atomic E-state index is 12.7. The summed E-state index contributed by atoms with van der Waals surface area (Å²) >= 11 is 5.92. The molecule has 4 aromatic rings. The number of benzene rings is 3. The molecule has 7 heteroatoms. The van der Waals surface area contributed by atoms with Gasteiger partial charge < -0.3 is 15.2 Å². The third-order valence-electron chi connectivity index (χ3n) is 5.10. The van der Waals surface area contributed by atoms with E-state index in [9.17, 15) is 9.90 Å². The molecule has 6 nitrogen and oxygen atoms in total. The molecule has 0 fully saturated rings. The minimum Gasteiger partial charge on any atom is -0.497 e. The number of carbonyl (C=O) groups is 1. The smallest absolute Gasteiger partial charge is 0.229 e. The van der Waals surface area contributed by atoms with Crippen molar-refractivity contribution in [3.8, 4) is 17.0 Å².